The molecule has 0 bridgehead atoms. The van der Waals surface area contributed by atoms with E-state index in [4.69, 9.17) is 23.2 Å². The minimum absolute atomic E-state index is 0.0260. The Balaban J connectivity index is 1.79. The van der Waals surface area contributed by atoms with Crippen LogP contribution in [-0.4, -0.2) is 12.5 Å². The van der Waals surface area contributed by atoms with E-state index in [2.05, 4.69) is 10.6 Å². The average Bonchev–Trinajstić information content (AvgIpc) is 2.45. The standard InChI is InChI=1S/C15H13Cl2FN2O/c16-11-3-1-10(2-4-11)8-19-9-15(21)20-12-5-6-14(18)13(17)7-12/h1-7,19H,8-9H2,(H,20,21). The molecule has 0 saturated heterocycles. The summed E-state index contributed by atoms with van der Waals surface area (Å²) >= 11 is 11.4. The van der Waals surface area contributed by atoms with Gasteiger partial charge in [-0.1, -0.05) is 35.3 Å². The summed E-state index contributed by atoms with van der Waals surface area (Å²) in [6.45, 7) is 0.687. The monoisotopic (exact) mass is 326 g/mol. The molecule has 0 aromatic heterocycles. The molecule has 0 aliphatic carbocycles. The number of nitrogens with one attached hydrogen (secondary N) is 2. The third-order valence-corrected chi connectivity index (χ3v) is 3.27. The molecular formula is C15H13Cl2FN2O. The van der Waals surface area contributed by atoms with Gasteiger partial charge in [0.05, 0.1) is 11.6 Å². The molecule has 0 heterocycles. The van der Waals surface area contributed by atoms with Crippen molar-refractivity contribution in [2.24, 2.45) is 0 Å². The van der Waals surface area contributed by atoms with Gasteiger partial charge in [-0.3, -0.25) is 4.79 Å². The van der Waals surface area contributed by atoms with Crippen molar-refractivity contribution in [3.05, 3.63) is 63.9 Å². The Morgan fingerprint density at radius 3 is 2.48 bits per heavy atom. The van der Waals surface area contributed by atoms with Crippen LogP contribution in [0.1, 0.15) is 5.56 Å². The number of halogens is 3. The molecule has 0 atom stereocenters. The summed E-state index contributed by atoms with van der Waals surface area (Å²) in [6.07, 6.45) is 0. The molecule has 6 heteroatoms. The fourth-order valence-corrected chi connectivity index (χ4v) is 2.01. The lowest BCUT2D eigenvalue weighted by atomic mass is 10.2. The molecule has 2 N–H and O–H groups in total. The van der Waals surface area contributed by atoms with Crippen molar-refractivity contribution in [1.82, 2.24) is 5.32 Å². The first kappa shape index (κ1) is 15.8. The minimum Gasteiger partial charge on any atom is -0.325 e. The van der Waals surface area contributed by atoms with Gasteiger partial charge in [0.1, 0.15) is 5.82 Å². The molecule has 2 aromatic rings. The van der Waals surface area contributed by atoms with Crippen LogP contribution in [0, 0.1) is 5.82 Å². The first-order chi connectivity index (χ1) is 10.0. The van der Waals surface area contributed by atoms with E-state index in [1.807, 2.05) is 12.1 Å². The minimum atomic E-state index is -0.518. The molecule has 0 unspecified atom stereocenters. The summed E-state index contributed by atoms with van der Waals surface area (Å²) in [7, 11) is 0. The largest absolute Gasteiger partial charge is 0.325 e. The first-order valence-corrected chi connectivity index (χ1v) is 7.00. The number of amides is 1. The Morgan fingerprint density at radius 1 is 1.10 bits per heavy atom. The molecular weight excluding hydrogens is 314 g/mol. The maximum absolute atomic E-state index is 13.0. The highest BCUT2D eigenvalue weighted by atomic mass is 35.5. The van der Waals surface area contributed by atoms with Crippen molar-refractivity contribution < 1.29 is 9.18 Å². The van der Waals surface area contributed by atoms with E-state index in [-0.39, 0.29) is 17.5 Å². The van der Waals surface area contributed by atoms with Crippen LogP contribution in [0.4, 0.5) is 10.1 Å². The maximum Gasteiger partial charge on any atom is 0.238 e. The average molecular weight is 327 g/mol. The van der Waals surface area contributed by atoms with Crippen molar-refractivity contribution in [2.75, 3.05) is 11.9 Å². The molecule has 21 heavy (non-hydrogen) atoms. The van der Waals surface area contributed by atoms with Crippen molar-refractivity contribution in [1.29, 1.82) is 0 Å². The van der Waals surface area contributed by atoms with Gasteiger partial charge in [0.15, 0.2) is 0 Å². The lowest BCUT2D eigenvalue weighted by Gasteiger charge is -2.07. The molecule has 0 fully saturated rings. The van der Waals surface area contributed by atoms with Crippen LogP contribution < -0.4 is 10.6 Å². The van der Waals surface area contributed by atoms with Gasteiger partial charge >= 0.3 is 0 Å². The van der Waals surface area contributed by atoms with Gasteiger partial charge in [0.25, 0.3) is 0 Å². The molecule has 110 valence electrons. The molecule has 0 aliphatic heterocycles. The molecule has 1 amide bonds. The third kappa shape index (κ3) is 5.01. The Kier molecular flexibility index (Phi) is 5.56. The Labute approximate surface area is 132 Å². The van der Waals surface area contributed by atoms with Gasteiger partial charge in [-0.15, -0.1) is 0 Å². The summed E-state index contributed by atoms with van der Waals surface area (Å²) in [5.41, 5.74) is 1.48. The quantitative estimate of drug-likeness (QED) is 0.875. The van der Waals surface area contributed by atoms with E-state index < -0.39 is 5.82 Å². The highest BCUT2D eigenvalue weighted by Gasteiger charge is 2.05. The highest BCUT2D eigenvalue weighted by molar-refractivity contribution is 6.31. The zero-order chi connectivity index (χ0) is 15.2. The van der Waals surface area contributed by atoms with E-state index in [0.717, 1.165) is 5.56 Å². The number of benzene rings is 2. The molecule has 0 aliphatic rings. The van der Waals surface area contributed by atoms with Gasteiger partial charge < -0.3 is 10.6 Å². The van der Waals surface area contributed by atoms with Crippen LogP contribution >= 0.6 is 23.2 Å². The van der Waals surface area contributed by atoms with Crippen LogP contribution in [0.15, 0.2) is 42.5 Å². The Hall–Kier alpha value is -1.62. The smallest absolute Gasteiger partial charge is 0.238 e. The lowest BCUT2D eigenvalue weighted by molar-refractivity contribution is -0.115. The molecule has 0 spiro atoms. The molecule has 3 nitrogen and oxygen atoms in total. The number of hydrogen-bond acceptors (Lipinski definition) is 2. The van der Waals surface area contributed by atoms with Gasteiger partial charge in [0, 0.05) is 17.3 Å². The number of rotatable bonds is 5. The van der Waals surface area contributed by atoms with Crippen molar-refractivity contribution >= 4 is 34.8 Å². The van der Waals surface area contributed by atoms with Crippen molar-refractivity contribution in [3.63, 3.8) is 0 Å². The molecule has 0 saturated carbocycles. The second-order valence-electron chi connectivity index (χ2n) is 4.41. The number of hydrogen-bond donors (Lipinski definition) is 2. The predicted molar refractivity (Wildman–Crippen MR) is 83.2 cm³/mol. The van der Waals surface area contributed by atoms with Crippen LogP contribution in [0.25, 0.3) is 0 Å². The summed E-state index contributed by atoms with van der Waals surface area (Å²) < 4.78 is 13.0. The summed E-state index contributed by atoms with van der Waals surface area (Å²) in [4.78, 5) is 11.7. The van der Waals surface area contributed by atoms with Gasteiger partial charge in [-0.2, -0.15) is 0 Å². The topological polar surface area (TPSA) is 41.1 Å². The fourth-order valence-electron chi connectivity index (χ4n) is 1.70. The van der Waals surface area contributed by atoms with Crippen LogP contribution in [0.2, 0.25) is 10.0 Å². The van der Waals surface area contributed by atoms with E-state index >= 15 is 0 Å². The fraction of sp³-hybridized carbons (Fsp3) is 0.133. The number of carbonyl (C=O) groups excluding carboxylic acids is 1. The second-order valence-corrected chi connectivity index (χ2v) is 5.25. The highest BCUT2D eigenvalue weighted by Crippen LogP contribution is 2.19. The predicted octanol–water partition coefficient (Wildman–Crippen LogP) is 3.86. The number of anilines is 1. The van der Waals surface area contributed by atoms with Crippen LogP contribution in [0.3, 0.4) is 0 Å². The maximum atomic E-state index is 13.0. The summed E-state index contributed by atoms with van der Waals surface area (Å²) in [5, 5.41) is 6.28. The Morgan fingerprint density at radius 2 is 1.81 bits per heavy atom. The van der Waals surface area contributed by atoms with Gasteiger partial charge in [-0.25, -0.2) is 4.39 Å². The molecule has 0 radical (unpaired) electrons. The van der Waals surface area contributed by atoms with Gasteiger partial charge in [0.2, 0.25) is 5.91 Å². The Bertz CT molecular complexity index is 632. The lowest BCUT2D eigenvalue weighted by Crippen LogP contribution is -2.27. The van der Waals surface area contributed by atoms with E-state index in [1.165, 1.54) is 18.2 Å². The molecule has 2 aromatic carbocycles. The third-order valence-electron chi connectivity index (χ3n) is 2.73. The van der Waals surface area contributed by atoms with E-state index in [0.29, 0.717) is 17.3 Å². The van der Waals surface area contributed by atoms with E-state index in [9.17, 15) is 9.18 Å². The zero-order valence-electron chi connectivity index (χ0n) is 11.0. The summed E-state index contributed by atoms with van der Waals surface area (Å²) in [6, 6.07) is 11.4. The van der Waals surface area contributed by atoms with Crippen LogP contribution in [-0.2, 0) is 11.3 Å². The zero-order valence-corrected chi connectivity index (χ0v) is 12.5. The van der Waals surface area contributed by atoms with Crippen molar-refractivity contribution in [3.8, 4) is 0 Å². The summed E-state index contributed by atoms with van der Waals surface area (Å²) in [5.74, 6) is -0.748. The first-order valence-electron chi connectivity index (χ1n) is 6.24. The molecule has 2 rings (SSSR count). The normalized spacial score (nSPS) is 10.4. The second kappa shape index (κ2) is 7.41. The SMILES string of the molecule is O=C(CNCc1ccc(Cl)cc1)Nc1ccc(F)c(Cl)c1. The van der Waals surface area contributed by atoms with Gasteiger partial charge in [-0.05, 0) is 35.9 Å². The van der Waals surface area contributed by atoms with Crippen molar-refractivity contribution in [2.45, 2.75) is 6.54 Å². The number of carbonyl (C=O) groups is 1. The van der Waals surface area contributed by atoms with E-state index in [1.54, 1.807) is 12.1 Å². The van der Waals surface area contributed by atoms with Crippen LogP contribution in [0.5, 0.6) is 0 Å².